The maximum Gasteiger partial charge on any atom is 0.501 e. The third-order valence-electron chi connectivity index (χ3n) is 2.19. The first kappa shape index (κ1) is 17.0. The lowest BCUT2D eigenvalue weighted by atomic mass is 10.3. The van der Waals surface area contributed by atoms with Gasteiger partial charge in [-0.25, -0.2) is 0 Å². The van der Waals surface area contributed by atoms with E-state index in [1.165, 1.54) is 6.92 Å². The van der Waals surface area contributed by atoms with Gasteiger partial charge in [0.15, 0.2) is 0 Å². The van der Waals surface area contributed by atoms with E-state index in [1.807, 2.05) is 20.8 Å². The molecular formula is C10H24O6Si. The van der Waals surface area contributed by atoms with E-state index < -0.39 is 20.9 Å². The molecule has 0 aliphatic heterocycles. The Bertz CT molecular complexity index is 188. The maximum absolute atomic E-state index is 9.05. The standard InChI is InChI=1S/C10H24O6Si/c1-5-8-17(14-6-2,15-7-3)16-9(4)10(11,12)13/h9,11-13H,5-8H2,1-4H3. The molecule has 0 amide bonds. The second-order valence-electron chi connectivity index (χ2n) is 3.75. The quantitative estimate of drug-likeness (QED) is 0.415. The van der Waals surface area contributed by atoms with Crippen LogP contribution in [0.25, 0.3) is 0 Å². The van der Waals surface area contributed by atoms with Crippen LogP contribution in [0.3, 0.4) is 0 Å². The summed E-state index contributed by atoms with van der Waals surface area (Å²) in [6, 6.07) is 0.565. The van der Waals surface area contributed by atoms with Crippen LogP contribution in [-0.2, 0) is 13.3 Å². The zero-order valence-electron chi connectivity index (χ0n) is 11.0. The van der Waals surface area contributed by atoms with Gasteiger partial charge >= 0.3 is 14.8 Å². The Kier molecular flexibility index (Phi) is 7.41. The van der Waals surface area contributed by atoms with Crippen molar-refractivity contribution in [3.63, 3.8) is 0 Å². The monoisotopic (exact) mass is 268 g/mol. The third kappa shape index (κ3) is 5.91. The summed E-state index contributed by atoms with van der Waals surface area (Å²) in [5.41, 5.74) is 0. The van der Waals surface area contributed by atoms with Gasteiger partial charge in [-0.15, -0.1) is 0 Å². The summed E-state index contributed by atoms with van der Waals surface area (Å²) in [6.45, 7) is 7.76. The highest BCUT2D eigenvalue weighted by Gasteiger charge is 2.45. The largest absolute Gasteiger partial charge is 0.501 e. The van der Waals surface area contributed by atoms with Gasteiger partial charge in [0.25, 0.3) is 0 Å². The lowest BCUT2D eigenvalue weighted by Crippen LogP contribution is -2.54. The maximum atomic E-state index is 9.05. The highest BCUT2D eigenvalue weighted by atomic mass is 28.4. The van der Waals surface area contributed by atoms with Gasteiger partial charge in [0.2, 0.25) is 0 Å². The van der Waals surface area contributed by atoms with Crippen LogP contribution in [0.2, 0.25) is 6.04 Å². The Morgan fingerprint density at radius 3 is 1.82 bits per heavy atom. The van der Waals surface area contributed by atoms with E-state index >= 15 is 0 Å². The minimum Gasteiger partial charge on any atom is -0.374 e. The van der Waals surface area contributed by atoms with E-state index in [4.69, 9.17) is 28.6 Å². The molecule has 1 unspecified atom stereocenters. The van der Waals surface area contributed by atoms with E-state index in [2.05, 4.69) is 0 Å². The predicted octanol–water partition coefficient (Wildman–Crippen LogP) is 0.444. The lowest BCUT2D eigenvalue weighted by molar-refractivity contribution is -0.350. The Labute approximate surface area is 103 Å². The lowest BCUT2D eigenvalue weighted by Gasteiger charge is -2.34. The predicted molar refractivity (Wildman–Crippen MR) is 64.0 cm³/mol. The van der Waals surface area contributed by atoms with Crippen LogP contribution in [-0.4, -0.2) is 49.4 Å². The molecule has 3 N–H and O–H groups in total. The first-order valence-corrected chi connectivity index (χ1v) is 7.87. The number of hydrogen-bond acceptors (Lipinski definition) is 6. The van der Waals surface area contributed by atoms with E-state index in [-0.39, 0.29) is 0 Å². The first-order valence-electron chi connectivity index (χ1n) is 5.94. The van der Waals surface area contributed by atoms with Crippen LogP contribution in [0.5, 0.6) is 0 Å². The van der Waals surface area contributed by atoms with Gasteiger partial charge in [0, 0.05) is 19.3 Å². The highest BCUT2D eigenvalue weighted by Crippen LogP contribution is 2.22. The minimum absolute atomic E-state index is 0.411. The number of aliphatic hydroxyl groups is 3. The molecule has 0 aromatic heterocycles. The minimum atomic E-state index is -2.95. The van der Waals surface area contributed by atoms with E-state index in [0.29, 0.717) is 19.3 Å². The molecule has 6 nitrogen and oxygen atoms in total. The molecule has 7 heteroatoms. The van der Waals surface area contributed by atoms with Crippen molar-refractivity contribution in [2.45, 2.75) is 52.2 Å². The van der Waals surface area contributed by atoms with Gasteiger partial charge in [-0.3, -0.25) is 0 Å². The number of rotatable bonds is 9. The fourth-order valence-corrected chi connectivity index (χ4v) is 4.22. The van der Waals surface area contributed by atoms with Gasteiger partial charge in [-0.05, 0) is 20.8 Å². The highest BCUT2D eigenvalue weighted by molar-refractivity contribution is 6.60. The van der Waals surface area contributed by atoms with Crippen molar-refractivity contribution in [2.24, 2.45) is 0 Å². The van der Waals surface area contributed by atoms with Crippen LogP contribution < -0.4 is 0 Å². The Morgan fingerprint density at radius 2 is 1.53 bits per heavy atom. The molecule has 0 saturated heterocycles. The van der Waals surface area contributed by atoms with Crippen molar-refractivity contribution in [1.29, 1.82) is 0 Å². The average molecular weight is 268 g/mol. The van der Waals surface area contributed by atoms with Gasteiger partial charge in [-0.2, -0.15) is 0 Å². The molecule has 0 aliphatic carbocycles. The van der Waals surface area contributed by atoms with Gasteiger partial charge in [0.1, 0.15) is 6.10 Å². The van der Waals surface area contributed by atoms with Crippen molar-refractivity contribution in [3.05, 3.63) is 0 Å². The van der Waals surface area contributed by atoms with E-state index in [1.54, 1.807) is 0 Å². The van der Waals surface area contributed by atoms with E-state index in [0.717, 1.165) is 6.42 Å². The zero-order valence-corrected chi connectivity index (χ0v) is 12.0. The van der Waals surface area contributed by atoms with Crippen LogP contribution in [0.1, 0.15) is 34.1 Å². The molecule has 0 saturated carbocycles. The molecule has 0 aromatic carbocycles. The molecule has 1 atom stereocenters. The molecular weight excluding hydrogens is 244 g/mol. The summed E-state index contributed by atoms with van der Waals surface area (Å²) in [5, 5.41) is 27.2. The molecule has 0 aliphatic rings. The van der Waals surface area contributed by atoms with Crippen molar-refractivity contribution >= 4 is 8.80 Å². The fraction of sp³-hybridized carbons (Fsp3) is 1.00. The average Bonchev–Trinajstić information content (AvgIpc) is 2.17. The summed E-state index contributed by atoms with van der Waals surface area (Å²) >= 11 is 0. The van der Waals surface area contributed by atoms with Gasteiger partial charge in [-0.1, -0.05) is 13.3 Å². The SMILES string of the molecule is CCC[Si](OCC)(OCC)OC(C)C(O)(O)O. The van der Waals surface area contributed by atoms with Gasteiger partial charge in [0.05, 0.1) is 0 Å². The smallest absolute Gasteiger partial charge is 0.374 e. The summed E-state index contributed by atoms with van der Waals surface area (Å²) < 4.78 is 16.5. The topological polar surface area (TPSA) is 88.4 Å². The number of hydrogen-bond donors (Lipinski definition) is 3. The first-order chi connectivity index (χ1) is 7.81. The van der Waals surface area contributed by atoms with Crippen LogP contribution in [0, 0.1) is 0 Å². The summed E-state index contributed by atoms with van der Waals surface area (Å²) in [6.07, 6.45) is -0.410. The molecule has 0 radical (unpaired) electrons. The Balaban J connectivity index is 4.75. The molecule has 17 heavy (non-hydrogen) atoms. The molecule has 0 fully saturated rings. The van der Waals surface area contributed by atoms with Crippen molar-refractivity contribution in [2.75, 3.05) is 13.2 Å². The summed E-state index contributed by atoms with van der Waals surface area (Å²) in [4.78, 5) is 0. The van der Waals surface area contributed by atoms with Crippen LogP contribution in [0.15, 0.2) is 0 Å². The van der Waals surface area contributed by atoms with Crippen molar-refractivity contribution in [1.82, 2.24) is 0 Å². The summed E-state index contributed by atoms with van der Waals surface area (Å²) in [5.74, 6) is -2.89. The summed E-state index contributed by atoms with van der Waals surface area (Å²) in [7, 11) is -2.95. The Morgan fingerprint density at radius 1 is 1.06 bits per heavy atom. The third-order valence-corrected chi connectivity index (χ3v) is 5.47. The molecule has 0 rings (SSSR count). The second kappa shape index (κ2) is 7.42. The fourth-order valence-electron chi connectivity index (χ4n) is 1.41. The molecule has 104 valence electrons. The molecule has 0 bridgehead atoms. The molecule has 0 aromatic rings. The zero-order chi connectivity index (χ0) is 13.5. The molecule has 0 spiro atoms. The van der Waals surface area contributed by atoms with Crippen LogP contribution in [0.4, 0.5) is 0 Å². The second-order valence-corrected chi connectivity index (χ2v) is 6.43. The van der Waals surface area contributed by atoms with Crippen molar-refractivity contribution < 1.29 is 28.6 Å². The van der Waals surface area contributed by atoms with Crippen molar-refractivity contribution in [3.8, 4) is 0 Å². The van der Waals surface area contributed by atoms with E-state index in [9.17, 15) is 0 Å². The normalized spacial score (nSPS) is 15.0. The Hall–Kier alpha value is -0.0231. The molecule has 0 heterocycles. The van der Waals surface area contributed by atoms with Crippen LogP contribution >= 0.6 is 0 Å². The van der Waals surface area contributed by atoms with Gasteiger partial charge < -0.3 is 28.6 Å².